The number of furan rings is 1. The molecule has 1 aliphatic rings. The molecule has 0 bridgehead atoms. The van der Waals surface area contributed by atoms with Crippen LogP contribution in [0.3, 0.4) is 0 Å². The molecule has 0 aliphatic carbocycles. The van der Waals surface area contributed by atoms with Gasteiger partial charge in [-0.15, -0.1) is 0 Å². The third-order valence-electron chi connectivity index (χ3n) is 11.1. The summed E-state index contributed by atoms with van der Waals surface area (Å²) < 4.78 is 6.63. The largest absolute Gasteiger partial charge is 0.456 e. The first-order valence-electron chi connectivity index (χ1n) is 19.3. The van der Waals surface area contributed by atoms with Crippen LogP contribution in [-0.4, -0.2) is 10.7 Å². The molecule has 0 saturated carbocycles. The van der Waals surface area contributed by atoms with Crippen LogP contribution in [-0.2, 0) is 0 Å². The van der Waals surface area contributed by atoms with Crippen LogP contribution in [0, 0.1) is 0 Å². The summed E-state index contributed by atoms with van der Waals surface area (Å²) in [6, 6.07) is 68.1. The van der Waals surface area contributed by atoms with Crippen molar-refractivity contribution >= 4 is 55.0 Å². The summed E-state index contributed by atoms with van der Waals surface area (Å²) in [6.07, 6.45) is 1.88. The number of fused-ring (bicyclic) bond motifs is 6. The van der Waals surface area contributed by atoms with Crippen molar-refractivity contribution in [1.82, 2.24) is 10.3 Å². The predicted octanol–water partition coefficient (Wildman–Crippen LogP) is 13.4. The monoisotopic (exact) mass is 729 g/mol. The van der Waals surface area contributed by atoms with Crippen molar-refractivity contribution in [2.45, 2.75) is 6.17 Å². The first kappa shape index (κ1) is 32.8. The second-order valence-electron chi connectivity index (χ2n) is 14.5. The summed E-state index contributed by atoms with van der Waals surface area (Å²) in [6.45, 7) is 0. The van der Waals surface area contributed by atoms with Gasteiger partial charge in [0.05, 0.1) is 16.9 Å². The third kappa shape index (κ3) is 5.78. The third-order valence-corrected chi connectivity index (χ3v) is 11.1. The van der Waals surface area contributed by atoms with Crippen molar-refractivity contribution < 1.29 is 4.42 Å². The van der Waals surface area contributed by atoms with E-state index in [0.717, 1.165) is 99.7 Å². The molecule has 3 heterocycles. The van der Waals surface area contributed by atoms with E-state index in [-0.39, 0.29) is 6.17 Å². The number of aromatic nitrogens is 1. The number of nitrogens with zero attached hydrogens (tertiary/aromatic N) is 2. The lowest BCUT2D eigenvalue weighted by Gasteiger charge is -2.25. The maximum atomic E-state index is 6.63. The molecule has 2 aromatic heterocycles. The van der Waals surface area contributed by atoms with E-state index in [4.69, 9.17) is 14.4 Å². The standard InChI is InChI=1S/C53H35N3O/c1-4-16-34(17-5-1)37-22-14-25-40(30-37)53-55-45(35-18-6-2-7-19-35)33-46(56-53)38-23-15-24-39(31-38)52-43-32-48-51(42-27-11-13-29-47(42)57-48)49(36-20-8-3-9-21-36)50(43)41-26-10-12-28-44(41)54-52/h1-33,53,56H. The van der Waals surface area contributed by atoms with Crippen LogP contribution in [0.25, 0.3) is 82.8 Å². The normalized spacial score (nSPS) is 14.1. The predicted molar refractivity (Wildman–Crippen MR) is 236 cm³/mol. The van der Waals surface area contributed by atoms with Crippen LogP contribution in [0.2, 0.25) is 0 Å². The Labute approximate surface area is 330 Å². The Bertz CT molecular complexity index is 3200. The summed E-state index contributed by atoms with van der Waals surface area (Å²) in [5.41, 5.74) is 14.4. The van der Waals surface area contributed by atoms with E-state index in [9.17, 15) is 0 Å². The highest BCUT2D eigenvalue weighted by Crippen LogP contribution is 2.46. The highest BCUT2D eigenvalue weighted by molar-refractivity contribution is 6.27. The first-order valence-corrected chi connectivity index (χ1v) is 19.3. The summed E-state index contributed by atoms with van der Waals surface area (Å²) in [7, 11) is 0. The first-order chi connectivity index (χ1) is 28.2. The van der Waals surface area contributed by atoms with Gasteiger partial charge in [-0.05, 0) is 69.8 Å². The number of nitrogens with one attached hydrogen (secondary N) is 1. The van der Waals surface area contributed by atoms with E-state index in [1.165, 1.54) is 5.56 Å². The molecule has 0 spiro atoms. The van der Waals surface area contributed by atoms with Crippen molar-refractivity contribution in [3.63, 3.8) is 0 Å². The minimum Gasteiger partial charge on any atom is -0.456 e. The fraction of sp³-hybridized carbons (Fsp3) is 0.0189. The molecule has 1 unspecified atom stereocenters. The number of benzene rings is 8. The molecular formula is C53H35N3O. The lowest BCUT2D eigenvalue weighted by molar-refractivity contribution is 0.664. The topological polar surface area (TPSA) is 50.4 Å². The fourth-order valence-electron chi connectivity index (χ4n) is 8.41. The van der Waals surface area contributed by atoms with E-state index < -0.39 is 0 Å². The molecule has 11 rings (SSSR count). The Kier molecular flexibility index (Phi) is 7.85. The van der Waals surface area contributed by atoms with Crippen LogP contribution in [0.15, 0.2) is 210 Å². The number of hydrogen-bond acceptors (Lipinski definition) is 4. The van der Waals surface area contributed by atoms with E-state index in [1.807, 2.05) is 12.1 Å². The van der Waals surface area contributed by atoms with Crippen LogP contribution < -0.4 is 5.32 Å². The lowest BCUT2D eigenvalue weighted by atomic mass is 9.89. The molecule has 8 aromatic carbocycles. The highest BCUT2D eigenvalue weighted by atomic mass is 16.3. The molecule has 0 radical (unpaired) electrons. The van der Waals surface area contributed by atoms with Crippen LogP contribution in [0.1, 0.15) is 22.9 Å². The van der Waals surface area contributed by atoms with Gasteiger partial charge in [-0.25, -0.2) is 4.98 Å². The van der Waals surface area contributed by atoms with Gasteiger partial charge >= 0.3 is 0 Å². The summed E-state index contributed by atoms with van der Waals surface area (Å²) in [5, 5.41) is 9.36. The Morgan fingerprint density at radius 1 is 0.439 bits per heavy atom. The SMILES string of the molecule is C1=C(c2cccc(-c3nc4ccccc4c4c(-c5ccccc5)c5c(cc34)oc3ccccc35)c2)NC(c2cccc(-c3ccccc3)c2)N=C1c1ccccc1. The van der Waals surface area contributed by atoms with E-state index >= 15 is 0 Å². The van der Waals surface area contributed by atoms with Crippen molar-refractivity contribution in [3.05, 3.63) is 217 Å². The Balaban J connectivity index is 1.10. The number of allylic oxidation sites excluding steroid dienone is 1. The zero-order valence-electron chi connectivity index (χ0n) is 30.9. The number of aliphatic imine (C=N–C) groups is 1. The fourth-order valence-corrected chi connectivity index (χ4v) is 8.41. The number of para-hydroxylation sites is 2. The van der Waals surface area contributed by atoms with E-state index in [0.29, 0.717) is 0 Å². The molecule has 1 aliphatic heterocycles. The average molecular weight is 730 g/mol. The van der Waals surface area contributed by atoms with Gasteiger partial charge in [0.15, 0.2) is 0 Å². The van der Waals surface area contributed by atoms with Gasteiger partial charge in [0.2, 0.25) is 0 Å². The molecular weight excluding hydrogens is 695 g/mol. The smallest absolute Gasteiger partial charge is 0.145 e. The van der Waals surface area contributed by atoms with Crippen molar-refractivity contribution in [1.29, 1.82) is 0 Å². The quantitative estimate of drug-likeness (QED) is 0.173. The number of rotatable bonds is 6. The van der Waals surface area contributed by atoms with Crippen LogP contribution in [0.5, 0.6) is 0 Å². The van der Waals surface area contributed by atoms with Gasteiger partial charge < -0.3 is 9.73 Å². The molecule has 10 aromatic rings. The highest BCUT2D eigenvalue weighted by Gasteiger charge is 2.23. The second-order valence-corrected chi connectivity index (χ2v) is 14.5. The molecule has 57 heavy (non-hydrogen) atoms. The second kappa shape index (κ2) is 13.6. The molecule has 268 valence electrons. The maximum absolute atomic E-state index is 6.63. The molecule has 4 nitrogen and oxygen atoms in total. The summed E-state index contributed by atoms with van der Waals surface area (Å²) in [4.78, 5) is 10.7. The van der Waals surface area contributed by atoms with Crippen molar-refractivity contribution in [2.24, 2.45) is 4.99 Å². The molecule has 0 amide bonds. The minimum atomic E-state index is -0.290. The van der Waals surface area contributed by atoms with Gasteiger partial charge in [0.1, 0.15) is 17.3 Å². The molecule has 4 heteroatoms. The zero-order valence-corrected chi connectivity index (χ0v) is 30.9. The Hall–Kier alpha value is -7.56. The molecule has 0 saturated heterocycles. The molecule has 1 atom stereocenters. The van der Waals surface area contributed by atoms with Gasteiger partial charge in [-0.2, -0.15) is 0 Å². The molecule has 0 fully saturated rings. The Morgan fingerprint density at radius 3 is 1.88 bits per heavy atom. The van der Waals surface area contributed by atoms with Crippen LogP contribution >= 0.6 is 0 Å². The Morgan fingerprint density at radius 2 is 1.07 bits per heavy atom. The number of pyridine rings is 1. The number of hydrogen-bond donors (Lipinski definition) is 1. The molecule has 1 N–H and O–H groups in total. The van der Waals surface area contributed by atoms with Gasteiger partial charge in [0, 0.05) is 43.8 Å². The van der Waals surface area contributed by atoms with Gasteiger partial charge in [0.25, 0.3) is 0 Å². The van der Waals surface area contributed by atoms with Gasteiger partial charge in [-0.1, -0.05) is 164 Å². The maximum Gasteiger partial charge on any atom is 0.145 e. The van der Waals surface area contributed by atoms with Crippen molar-refractivity contribution in [3.8, 4) is 33.5 Å². The minimum absolute atomic E-state index is 0.290. The van der Waals surface area contributed by atoms with Gasteiger partial charge in [-0.3, -0.25) is 4.99 Å². The van der Waals surface area contributed by atoms with Crippen LogP contribution in [0.4, 0.5) is 0 Å². The average Bonchev–Trinajstić information content (AvgIpc) is 3.67. The van der Waals surface area contributed by atoms with E-state index in [1.54, 1.807) is 0 Å². The van der Waals surface area contributed by atoms with E-state index in [2.05, 4.69) is 193 Å². The summed E-state index contributed by atoms with van der Waals surface area (Å²) >= 11 is 0. The van der Waals surface area contributed by atoms with Crippen molar-refractivity contribution in [2.75, 3.05) is 0 Å². The lowest BCUT2D eigenvalue weighted by Crippen LogP contribution is -2.25. The zero-order chi connectivity index (χ0) is 37.7. The summed E-state index contributed by atoms with van der Waals surface area (Å²) in [5.74, 6) is 0.